The van der Waals surface area contributed by atoms with Crippen LogP contribution < -0.4 is 11.1 Å². The largest absolute Gasteiger partial charge is 0.466 e. The lowest BCUT2D eigenvalue weighted by Crippen LogP contribution is -2.41. The van der Waals surface area contributed by atoms with Gasteiger partial charge in [0.05, 0.1) is 5.56 Å². The van der Waals surface area contributed by atoms with Crippen LogP contribution in [-0.2, 0) is 0 Å². The fourth-order valence-corrected chi connectivity index (χ4v) is 2.93. The Kier molecular flexibility index (Phi) is 4.30. The maximum atomic E-state index is 12.2. The number of carbonyl (C=O) groups is 1. The second-order valence-corrected chi connectivity index (χ2v) is 5.63. The molecule has 4 nitrogen and oxygen atoms in total. The van der Waals surface area contributed by atoms with Crippen molar-refractivity contribution in [3.05, 3.63) is 22.6 Å². The number of carbonyl (C=O) groups excluding carboxylic acids is 1. The van der Waals surface area contributed by atoms with Crippen LogP contribution in [0.5, 0.6) is 0 Å². The Bertz CT molecular complexity index is 465. The highest BCUT2D eigenvalue weighted by atomic mass is 16.3. The summed E-state index contributed by atoms with van der Waals surface area (Å²) < 4.78 is 5.49. The summed E-state index contributed by atoms with van der Waals surface area (Å²) in [5.74, 6) is 1.88. The molecule has 0 saturated heterocycles. The molecule has 0 bridgehead atoms. The van der Waals surface area contributed by atoms with E-state index in [1.807, 2.05) is 20.8 Å². The highest BCUT2D eigenvalue weighted by Gasteiger charge is 2.24. The van der Waals surface area contributed by atoms with Crippen LogP contribution in [0.25, 0.3) is 0 Å². The van der Waals surface area contributed by atoms with Crippen molar-refractivity contribution in [2.45, 2.75) is 52.5 Å². The zero-order valence-corrected chi connectivity index (χ0v) is 12.1. The molecule has 1 aliphatic carbocycles. The van der Waals surface area contributed by atoms with Crippen molar-refractivity contribution in [1.82, 2.24) is 5.32 Å². The Morgan fingerprint density at radius 2 is 1.95 bits per heavy atom. The molecule has 1 aromatic heterocycles. The Balaban J connectivity index is 1.97. The van der Waals surface area contributed by atoms with E-state index in [-0.39, 0.29) is 11.9 Å². The molecule has 0 spiro atoms. The lowest BCUT2D eigenvalue weighted by atomic mass is 9.85. The number of hydrogen-bond donors (Lipinski definition) is 2. The molecule has 2 unspecified atom stereocenters. The number of nitrogens with one attached hydrogen (secondary N) is 1. The van der Waals surface area contributed by atoms with Gasteiger partial charge in [0.1, 0.15) is 11.5 Å². The van der Waals surface area contributed by atoms with Gasteiger partial charge in [0.25, 0.3) is 5.91 Å². The van der Waals surface area contributed by atoms with E-state index in [4.69, 9.17) is 10.2 Å². The smallest absolute Gasteiger partial charge is 0.255 e. The maximum absolute atomic E-state index is 12.2. The lowest BCUT2D eigenvalue weighted by molar-refractivity contribution is 0.0939. The van der Waals surface area contributed by atoms with Gasteiger partial charge < -0.3 is 15.5 Å². The predicted octanol–water partition coefficient (Wildman–Crippen LogP) is 2.45. The molecule has 1 heterocycles. The molecule has 2 atom stereocenters. The normalized spacial score (nSPS) is 23.4. The number of amides is 1. The van der Waals surface area contributed by atoms with Gasteiger partial charge >= 0.3 is 0 Å². The van der Waals surface area contributed by atoms with Crippen LogP contribution in [-0.4, -0.2) is 18.5 Å². The summed E-state index contributed by atoms with van der Waals surface area (Å²) in [5.41, 5.74) is 7.71. The van der Waals surface area contributed by atoms with Gasteiger partial charge in [-0.1, -0.05) is 12.8 Å². The van der Waals surface area contributed by atoms with E-state index in [1.54, 1.807) is 0 Å². The second-order valence-electron chi connectivity index (χ2n) is 5.63. The van der Waals surface area contributed by atoms with Crippen molar-refractivity contribution in [2.24, 2.45) is 11.7 Å². The highest BCUT2D eigenvalue weighted by Crippen LogP contribution is 2.23. The topological polar surface area (TPSA) is 68.3 Å². The number of aryl methyl sites for hydroxylation is 2. The van der Waals surface area contributed by atoms with Gasteiger partial charge in [0.15, 0.2) is 0 Å². The number of nitrogens with two attached hydrogens (primary N) is 1. The highest BCUT2D eigenvalue weighted by molar-refractivity contribution is 5.96. The summed E-state index contributed by atoms with van der Waals surface area (Å²) in [6, 6.07) is 0.224. The van der Waals surface area contributed by atoms with Crippen LogP contribution in [0.2, 0.25) is 0 Å². The van der Waals surface area contributed by atoms with Crippen molar-refractivity contribution in [1.29, 1.82) is 0 Å². The Morgan fingerprint density at radius 3 is 2.53 bits per heavy atom. The fraction of sp³-hybridized carbons (Fsp3) is 0.667. The monoisotopic (exact) mass is 264 g/mol. The Labute approximate surface area is 114 Å². The van der Waals surface area contributed by atoms with Gasteiger partial charge in [-0.3, -0.25) is 4.79 Å². The molecule has 1 fully saturated rings. The standard InChI is InChI=1S/C15H24N2O2/c1-9-10(2)19-11(3)14(9)15(18)17-8-12-6-4-5-7-13(12)16/h12-13H,4-8,16H2,1-3H3,(H,17,18). The summed E-state index contributed by atoms with van der Waals surface area (Å²) >= 11 is 0. The molecule has 1 aromatic rings. The zero-order chi connectivity index (χ0) is 14.0. The first kappa shape index (κ1) is 14.1. The summed E-state index contributed by atoms with van der Waals surface area (Å²) in [6.07, 6.45) is 4.62. The first-order chi connectivity index (χ1) is 9.00. The van der Waals surface area contributed by atoms with Gasteiger partial charge in [0, 0.05) is 18.2 Å². The molecule has 1 amide bonds. The van der Waals surface area contributed by atoms with Crippen LogP contribution >= 0.6 is 0 Å². The zero-order valence-electron chi connectivity index (χ0n) is 12.1. The van der Waals surface area contributed by atoms with Crippen LogP contribution in [0.4, 0.5) is 0 Å². The molecule has 3 N–H and O–H groups in total. The fourth-order valence-electron chi connectivity index (χ4n) is 2.93. The summed E-state index contributed by atoms with van der Waals surface area (Å²) in [6.45, 7) is 6.31. The van der Waals surface area contributed by atoms with E-state index in [2.05, 4.69) is 5.32 Å². The molecule has 0 aliphatic heterocycles. The van der Waals surface area contributed by atoms with Crippen LogP contribution in [0.3, 0.4) is 0 Å². The van der Waals surface area contributed by atoms with E-state index in [0.29, 0.717) is 23.8 Å². The maximum Gasteiger partial charge on any atom is 0.255 e. The average molecular weight is 264 g/mol. The molecule has 2 rings (SSSR count). The number of furan rings is 1. The molecule has 1 saturated carbocycles. The number of rotatable bonds is 3. The molecular formula is C15H24N2O2. The third-order valence-corrected chi connectivity index (χ3v) is 4.28. The van der Waals surface area contributed by atoms with Crippen molar-refractivity contribution >= 4 is 5.91 Å². The molecule has 0 aromatic carbocycles. The molecule has 106 valence electrons. The first-order valence-corrected chi connectivity index (χ1v) is 7.11. The Hall–Kier alpha value is -1.29. The molecule has 19 heavy (non-hydrogen) atoms. The second kappa shape index (κ2) is 5.78. The van der Waals surface area contributed by atoms with Crippen molar-refractivity contribution in [3.63, 3.8) is 0 Å². The van der Waals surface area contributed by atoms with Crippen molar-refractivity contribution in [3.8, 4) is 0 Å². The summed E-state index contributed by atoms with van der Waals surface area (Å²) in [7, 11) is 0. The van der Waals surface area contributed by atoms with Crippen molar-refractivity contribution < 1.29 is 9.21 Å². The summed E-state index contributed by atoms with van der Waals surface area (Å²) in [5, 5.41) is 3.02. The lowest BCUT2D eigenvalue weighted by Gasteiger charge is -2.28. The van der Waals surface area contributed by atoms with Gasteiger partial charge in [-0.15, -0.1) is 0 Å². The molecule has 4 heteroatoms. The third kappa shape index (κ3) is 3.00. The van der Waals surface area contributed by atoms with Crippen LogP contribution in [0.15, 0.2) is 4.42 Å². The van der Waals surface area contributed by atoms with Crippen molar-refractivity contribution in [2.75, 3.05) is 6.54 Å². The Morgan fingerprint density at radius 1 is 1.26 bits per heavy atom. The minimum Gasteiger partial charge on any atom is -0.466 e. The van der Waals surface area contributed by atoms with Gasteiger partial charge in [-0.2, -0.15) is 0 Å². The summed E-state index contributed by atoms with van der Waals surface area (Å²) in [4.78, 5) is 12.2. The predicted molar refractivity (Wildman–Crippen MR) is 75.2 cm³/mol. The van der Waals surface area contributed by atoms with E-state index in [9.17, 15) is 4.79 Å². The minimum absolute atomic E-state index is 0.0374. The quantitative estimate of drug-likeness (QED) is 0.881. The average Bonchev–Trinajstić information content (AvgIpc) is 2.62. The molecular weight excluding hydrogens is 240 g/mol. The number of hydrogen-bond acceptors (Lipinski definition) is 3. The van der Waals surface area contributed by atoms with Gasteiger partial charge in [-0.05, 0) is 39.5 Å². The van der Waals surface area contributed by atoms with E-state index >= 15 is 0 Å². The minimum atomic E-state index is -0.0374. The van der Waals surface area contributed by atoms with E-state index in [1.165, 1.54) is 12.8 Å². The van der Waals surface area contributed by atoms with Gasteiger partial charge in [0.2, 0.25) is 0 Å². The van der Waals surface area contributed by atoms with Gasteiger partial charge in [-0.25, -0.2) is 0 Å². The third-order valence-electron chi connectivity index (χ3n) is 4.28. The van der Waals surface area contributed by atoms with Crippen LogP contribution in [0.1, 0.15) is 53.1 Å². The van der Waals surface area contributed by atoms with E-state index in [0.717, 1.165) is 24.2 Å². The first-order valence-electron chi connectivity index (χ1n) is 7.11. The van der Waals surface area contributed by atoms with Crippen LogP contribution in [0, 0.1) is 26.7 Å². The molecule has 1 aliphatic rings. The van der Waals surface area contributed by atoms with E-state index < -0.39 is 0 Å². The SMILES string of the molecule is Cc1oc(C)c(C(=O)NCC2CCCCC2N)c1C. The molecule has 0 radical (unpaired) electrons.